The van der Waals surface area contributed by atoms with E-state index in [0.717, 1.165) is 18.7 Å². The topological polar surface area (TPSA) is 41.5 Å². The van der Waals surface area contributed by atoms with Crippen molar-refractivity contribution in [2.24, 2.45) is 4.99 Å². The van der Waals surface area contributed by atoms with Crippen LogP contribution in [0, 0.1) is 0 Å². The Hall–Kier alpha value is -1.64. The highest BCUT2D eigenvalue weighted by Crippen LogP contribution is 2.06. The molecule has 1 heterocycles. The predicted octanol–water partition coefficient (Wildman–Crippen LogP) is 1.54. The van der Waals surface area contributed by atoms with Crippen molar-refractivity contribution in [3.05, 3.63) is 35.9 Å². The third-order valence-electron chi connectivity index (χ3n) is 2.49. The van der Waals surface area contributed by atoms with Crippen LogP contribution in [0.5, 0.6) is 0 Å². The molecule has 3 nitrogen and oxygen atoms in total. The number of nitrogens with one attached hydrogen (secondary N) is 1. The van der Waals surface area contributed by atoms with E-state index in [1.54, 1.807) is 0 Å². The number of aryl methyl sites for hydroxylation is 1. The normalized spacial score (nSPS) is 19.9. The quantitative estimate of drug-likeness (QED) is 0.793. The van der Waals surface area contributed by atoms with Crippen LogP contribution in [0.1, 0.15) is 18.9 Å². The van der Waals surface area contributed by atoms with E-state index in [1.807, 2.05) is 25.1 Å². The fourth-order valence-corrected chi connectivity index (χ4v) is 1.61. The maximum atomic E-state index is 11.2. The van der Waals surface area contributed by atoms with E-state index < -0.39 is 0 Å². The number of hydrogen-bond acceptors (Lipinski definition) is 2. The molecule has 0 fully saturated rings. The van der Waals surface area contributed by atoms with E-state index >= 15 is 0 Å². The van der Waals surface area contributed by atoms with Crippen LogP contribution in [0.3, 0.4) is 0 Å². The summed E-state index contributed by atoms with van der Waals surface area (Å²) in [7, 11) is 0. The second-order valence-electron chi connectivity index (χ2n) is 3.73. The summed E-state index contributed by atoms with van der Waals surface area (Å²) in [6.45, 7) is 1.81. The van der Waals surface area contributed by atoms with Gasteiger partial charge < -0.3 is 5.32 Å². The Morgan fingerprint density at radius 1 is 1.27 bits per heavy atom. The largest absolute Gasteiger partial charge is 0.313 e. The molecule has 1 aliphatic heterocycles. The molecule has 3 heteroatoms. The molecule has 1 atom stereocenters. The van der Waals surface area contributed by atoms with Gasteiger partial charge in [0.15, 0.2) is 0 Å². The molecule has 1 unspecified atom stereocenters. The number of hydrogen-bond donors (Lipinski definition) is 1. The van der Waals surface area contributed by atoms with Crippen LogP contribution >= 0.6 is 0 Å². The second-order valence-corrected chi connectivity index (χ2v) is 3.73. The number of amides is 1. The molecule has 78 valence electrons. The van der Waals surface area contributed by atoms with Crippen LogP contribution < -0.4 is 5.32 Å². The van der Waals surface area contributed by atoms with Gasteiger partial charge in [-0.3, -0.25) is 9.79 Å². The zero-order chi connectivity index (χ0) is 10.7. The van der Waals surface area contributed by atoms with Gasteiger partial charge in [-0.25, -0.2) is 0 Å². The Balaban J connectivity index is 1.90. The molecule has 0 aromatic heterocycles. The van der Waals surface area contributed by atoms with Crippen LogP contribution in [-0.4, -0.2) is 17.8 Å². The van der Waals surface area contributed by atoms with Crippen LogP contribution in [0.15, 0.2) is 35.3 Å². The van der Waals surface area contributed by atoms with E-state index in [4.69, 9.17) is 0 Å². The van der Waals surface area contributed by atoms with E-state index in [0.29, 0.717) is 0 Å². The molecule has 1 aromatic rings. The van der Waals surface area contributed by atoms with Crippen LogP contribution in [0.4, 0.5) is 0 Å². The summed E-state index contributed by atoms with van der Waals surface area (Å²) in [6.07, 6.45) is 1.73. The summed E-state index contributed by atoms with van der Waals surface area (Å²) in [5.74, 6) is 0.828. The van der Waals surface area contributed by atoms with Crippen molar-refractivity contribution in [2.75, 3.05) is 0 Å². The Morgan fingerprint density at radius 2 is 2.00 bits per heavy atom. The maximum absolute atomic E-state index is 11.2. The van der Waals surface area contributed by atoms with Gasteiger partial charge in [0, 0.05) is 6.42 Å². The summed E-state index contributed by atoms with van der Waals surface area (Å²) in [5.41, 5.74) is 1.27. The zero-order valence-electron chi connectivity index (χ0n) is 8.73. The standard InChI is InChI=1S/C12H14N2O/c1-9-12(15)14-11(13-9)8-7-10-5-3-2-4-6-10/h2-6,9H,7-8H2,1H3,(H,13,14,15). The monoisotopic (exact) mass is 202 g/mol. The number of benzene rings is 1. The Bertz CT molecular complexity index is 384. The predicted molar refractivity (Wildman–Crippen MR) is 59.8 cm³/mol. The number of nitrogens with zero attached hydrogens (tertiary/aromatic N) is 1. The third-order valence-corrected chi connectivity index (χ3v) is 2.49. The Labute approximate surface area is 89.2 Å². The first kappa shape index (κ1) is 9.90. The third kappa shape index (κ3) is 2.43. The summed E-state index contributed by atoms with van der Waals surface area (Å²) in [4.78, 5) is 15.4. The molecule has 0 aliphatic carbocycles. The minimum Gasteiger partial charge on any atom is -0.313 e. The van der Waals surface area contributed by atoms with E-state index in [2.05, 4.69) is 22.4 Å². The highest BCUT2D eigenvalue weighted by molar-refractivity contribution is 6.05. The molecule has 0 radical (unpaired) electrons. The average Bonchev–Trinajstić information content (AvgIpc) is 2.57. The first-order valence-corrected chi connectivity index (χ1v) is 5.17. The lowest BCUT2D eigenvalue weighted by Gasteiger charge is -2.01. The van der Waals surface area contributed by atoms with Crippen molar-refractivity contribution in [1.82, 2.24) is 5.32 Å². The van der Waals surface area contributed by atoms with Gasteiger partial charge in [0.25, 0.3) is 0 Å². The fourth-order valence-electron chi connectivity index (χ4n) is 1.61. The lowest BCUT2D eigenvalue weighted by atomic mass is 10.1. The van der Waals surface area contributed by atoms with Crippen molar-refractivity contribution < 1.29 is 4.79 Å². The summed E-state index contributed by atoms with van der Waals surface area (Å²) in [5, 5.41) is 2.78. The SMILES string of the molecule is CC1N=C(CCc2ccccc2)NC1=O. The number of carbonyl (C=O) groups is 1. The molecule has 1 amide bonds. The van der Waals surface area contributed by atoms with Crippen molar-refractivity contribution in [2.45, 2.75) is 25.8 Å². The van der Waals surface area contributed by atoms with Gasteiger partial charge in [-0.05, 0) is 18.9 Å². The van der Waals surface area contributed by atoms with Crippen molar-refractivity contribution in [1.29, 1.82) is 0 Å². The molecule has 1 N–H and O–H groups in total. The Morgan fingerprint density at radius 3 is 2.60 bits per heavy atom. The van der Waals surface area contributed by atoms with Crippen LogP contribution in [0.2, 0.25) is 0 Å². The molecular formula is C12H14N2O. The van der Waals surface area contributed by atoms with Gasteiger partial charge in [0.1, 0.15) is 11.9 Å². The molecule has 15 heavy (non-hydrogen) atoms. The van der Waals surface area contributed by atoms with Crippen LogP contribution in [0.25, 0.3) is 0 Å². The number of carbonyl (C=O) groups excluding carboxylic acids is 1. The zero-order valence-corrected chi connectivity index (χ0v) is 8.73. The van der Waals surface area contributed by atoms with E-state index in [1.165, 1.54) is 5.56 Å². The van der Waals surface area contributed by atoms with Gasteiger partial charge in [-0.1, -0.05) is 30.3 Å². The molecule has 0 saturated heterocycles. The van der Waals surface area contributed by atoms with E-state index in [-0.39, 0.29) is 11.9 Å². The smallest absolute Gasteiger partial charge is 0.249 e. The first-order valence-electron chi connectivity index (χ1n) is 5.17. The fraction of sp³-hybridized carbons (Fsp3) is 0.333. The number of rotatable bonds is 3. The van der Waals surface area contributed by atoms with Crippen molar-refractivity contribution >= 4 is 11.7 Å². The maximum Gasteiger partial charge on any atom is 0.249 e. The molecule has 0 saturated carbocycles. The van der Waals surface area contributed by atoms with Crippen molar-refractivity contribution in [3.63, 3.8) is 0 Å². The molecule has 1 aliphatic rings. The lowest BCUT2D eigenvalue weighted by Crippen LogP contribution is -2.27. The summed E-state index contributed by atoms with van der Waals surface area (Å²) < 4.78 is 0. The van der Waals surface area contributed by atoms with Gasteiger partial charge in [0.05, 0.1) is 0 Å². The lowest BCUT2D eigenvalue weighted by molar-refractivity contribution is -0.119. The highest BCUT2D eigenvalue weighted by Gasteiger charge is 2.20. The number of amidine groups is 1. The molecule has 0 spiro atoms. The van der Waals surface area contributed by atoms with Gasteiger partial charge in [-0.15, -0.1) is 0 Å². The molecule has 1 aromatic carbocycles. The molecule has 0 bridgehead atoms. The van der Waals surface area contributed by atoms with Gasteiger partial charge in [-0.2, -0.15) is 0 Å². The highest BCUT2D eigenvalue weighted by atomic mass is 16.2. The summed E-state index contributed by atoms with van der Waals surface area (Å²) in [6, 6.07) is 10.00. The Kier molecular flexibility index (Phi) is 2.81. The summed E-state index contributed by atoms with van der Waals surface area (Å²) >= 11 is 0. The molecule has 2 rings (SSSR count). The first-order chi connectivity index (χ1) is 7.25. The van der Waals surface area contributed by atoms with Gasteiger partial charge >= 0.3 is 0 Å². The van der Waals surface area contributed by atoms with Crippen molar-refractivity contribution in [3.8, 4) is 0 Å². The average molecular weight is 202 g/mol. The van der Waals surface area contributed by atoms with E-state index in [9.17, 15) is 4.79 Å². The molecular weight excluding hydrogens is 188 g/mol. The minimum atomic E-state index is -0.212. The van der Waals surface area contributed by atoms with Crippen LogP contribution in [-0.2, 0) is 11.2 Å². The van der Waals surface area contributed by atoms with Gasteiger partial charge in [0.2, 0.25) is 5.91 Å². The second kappa shape index (κ2) is 4.26. The number of aliphatic imine (C=N–C) groups is 1. The minimum absolute atomic E-state index is 0.0121.